The van der Waals surface area contributed by atoms with Crippen molar-refractivity contribution in [2.75, 3.05) is 19.7 Å². The number of piperidine rings is 1. The zero-order valence-electron chi connectivity index (χ0n) is 21.0. The number of benzene rings is 2. The summed E-state index contributed by atoms with van der Waals surface area (Å²) in [6.45, 7) is 8.96. The Balaban J connectivity index is 1.68. The quantitative estimate of drug-likeness (QED) is 0.449. The number of thiazole rings is 1. The molecule has 4 rings (SSSR count). The first kappa shape index (κ1) is 26.2. The van der Waals surface area contributed by atoms with E-state index in [2.05, 4.69) is 11.9 Å². The number of fused-ring (bicyclic) bond motifs is 1. The van der Waals surface area contributed by atoms with Crippen molar-refractivity contribution >= 4 is 43.5 Å². The van der Waals surface area contributed by atoms with Crippen molar-refractivity contribution in [3.63, 3.8) is 0 Å². The first-order valence-corrected chi connectivity index (χ1v) is 14.3. The van der Waals surface area contributed by atoms with Crippen molar-refractivity contribution in [2.24, 2.45) is 10.9 Å². The Kier molecular flexibility index (Phi) is 7.77. The number of aromatic nitrogens is 1. The molecule has 0 N–H and O–H groups in total. The molecule has 36 heavy (non-hydrogen) atoms. The van der Waals surface area contributed by atoms with Crippen LogP contribution in [0.3, 0.4) is 0 Å². The first-order chi connectivity index (χ1) is 17.1. The molecule has 1 amide bonds. The molecular formula is C26H31N3O5S2. The Labute approximate surface area is 215 Å². The van der Waals surface area contributed by atoms with Gasteiger partial charge in [0.05, 0.1) is 21.7 Å². The normalized spacial score (nSPS) is 17.4. The van der Waals surface area contributed by atoms with Crippen molar-refractivity contribution < 1.29 is 22.7 Å². The summed E-state index contributed by atoms with van der Waals surface area (Å²) in [5, 5.41) is 0. The summed E-state index contributed by atoms with van der Waals surface area (Å²) in [6.07, 6.45) is 1.86. The van der Waals surface area contributed by atoms with Crippen molar-refractivity contribution in [1.82, 2.24) is 8.87 Å². The molecule has 192 valence electrons. The van der Waals surface area contributed by atoms with Crippen LogP contribution >= 0.6 is 11.3 Å². The Morgan fingerprint density at radius 2 is 1.89 bits per heavy atom. The second kappa shape index (κ2) is 10.7. The van der Waals surface area contributed by atoms with E-state index >= 15 is 0 Å². The molecule has 0 spiro atoms. The zero-order valence-corrected chi connectivity index (χ0v) is 22.6. The Morgan fingerprint density at radius 3 is 2.56 bits per heavy atom. The third kappa shape index (κ3) is 5.45. The molecule has 1 atom stereocenters. The van der Waals surface area contributed by atoms with Gasteiger partial charge in [-0.15, -0.1) is 0 Å². The molecule has 10 heteroatoms. The number of carbonyl (C=O) groups excluding carboxylic acids is 2. The average molecular weight is 530 g/mol. The van der Waals surface area contributed by atoms with Gasteiger partial charge < -0.3 is 9.30 Å². The lowest BCUT2D eigenvalue weighted by Crippen LogP contribution is -2.39. The summed E-state index contributed by atoms with van der Waals surface area (Å²) in [5.41, 5.74) is 3.15. The first-order valence-electron chi connectivity index (χ1n) is 12.1. The van der Waals surface area contributed by atoms with Crippen LogP contribution in [0.5, 0.6) is 0 Å². The van der Waals surface area contributed by atoms with Crippen LogP contribution in [0, 0.1) is 19.8 Å². The summed E-state index contributed by atoms with van der Waals surface area (Å²) in [7, 11) is -3.61. The SMILES string of the molecule is CCOC(=O)Cn1c(=NC(=O)c2ccc(S(=O)(=O)N3CCCC(C)C3)cc2)sc2c(C)cc(C)cc21. The summed E-state index contributed by atoms with van der Waals surface area (Å²) < 4.78 is 35.4. The number of sulfonamides is 1. The van der Waals surface area contributed by atoms with Crippen molar-refractivity contribution in [2.45, 2.75) is 52.0 Å². The van der Waals surface area contributed by atoms with Crippen LogP contribution in [0.25, 0.3) is 10.2 Å². The van der Waals surface area contributed by atoms with Gasteiger partial charge in [0.25, 0.3) is 5.91 Å². The third-order valence-electron chi connectivity index (χ3n) is 6.26. The van der Waals surface area contributed by atoms with Gasteiger partial charge in [0.15, 0.2) is 4.80 Å². The van der Waals surface area contributed by atoms with Crippen LogP contribution in [-0.4, -0.2) is 48.9 Å². The molecule has 3 aromatic rings. The van der Waals surface area contributed by atoms with Gasteiger partial charge in [-0.3, -0.25) is 9.59 Å². The number of ether oxygens (including phenoxy) is 1. The van der Waals surface area contributed by atoms with Gasteiger partial charge in [-0.1, -0.05) is 24.3 Å². The van der Waals surface area contributed by atoms with Crippen LogP contribution in [0.2, 0.25) is 0 Å². The molecule has 1 fully saturated rings. The number of hydrogen-bond donors (Lipinski definition) is 0. The van der Waals surface area contributed by atoms with Gasteiger partial charge in [0.2, 0.25) is 10.0 Å². The van der Waals surface area contributed by atoms with Gasteiger partial charge in [-0.2, -0.15) is 9.30 Å². The van der Waals surface area contributed by atoms with Crippen LogP contribution in [0.15, 0.2) is 46.3 Å². The van der Waals surface area contributed by atoms with E-state index in [-0.39, 0.29) is 23.6 Å². The van der Waals surface area contributed by atoms with E-state index in [0.29, 0.717) is 23.8 Å². The lowest BCUT2D eigenvalue weighted by Gasteiger charge is -2.30. The molecule has 0 saturated carbocycles. The zero-order chi connectivity index (χ0) is 26.0. The molecule has 1 aromatic heterocycles. The number of esters is 1. The fraction of sp³-hybridized carbons (Fsp3) is 0.423. The molecule has 0 radical (unpaired) electrons. The lowest BCUT2D eigenvalue weighted by atomic mass is 10.0. The van der Waals surface area contributed by atoms with E-state index in [9.17, 15) is 18.0 Å². The van der Waals surface area contributed by atoms with E-state index in [1.54, 1.807) is 11.5 Å². The molecule has 1 aliphatic heterocycles. The summed E-state index contributed by atoms with van der Waals surface area (Å²) in [5.74, 6) is -0.598. The van der Waals surface area contributed by atoms with Crippen molar-refractivity contribution in [3.8, 4) is 0 Å². The maximum atomic E-state index is 13.1. The Hall–Kier alpha value is -2.82. The molecule has 2 heterocycles. The third-order valence-corrected chi connectivity index (χ3v) is 9.37. The Bertz CT molecular complexity index is 1470. The highest BCUT2D eigenvalue weighted by atomic mass is 32.2. The lowest BCUT2D eigenvalue weighted by molar-refractivity contribution is -0.143. The molecule has 0 aliphatic carbocycles. The van der Waals surface area contributed by atoms with E-state index < -0.39 is 21.9 Å². The van der Waals surface area contributed by atoms with Crippen molar-refractivity contribution in [3.05, 3.63) is 57.9 Å². The summed E-state index contributed by atoms with van der Waals surface area (Å²) in [4.78, 5) is 30.2. The van der Waals surface area contributed by atoms with E-state index in [1.807, 2.05) is 26.0 Å². The number of aryl methyl sites for hydroxylation is 2. The van der Waals surface area contributed by atoms with E-state index in [1.165, 1.54) is 39.9 Å². The van der Waals surface area contributed by atoms with Gasteiger partial charge >= 0.3 is 5.97 Å². The van der Waals surface area contributed by atoms with Gasteiger partial charge in [-0.05, 0) is 81.0 Å². The highest BCUT2D eigenvalue weighted by molar-refractivity contribution is 7.89. The van der Waals surface area contributed by atoms with Crippen molar-refractivity contribution in [1.29, 1.82) is 0 Å². The fourth-order valence-corrected chi connectivity index (χ4v) is 7.20. The average Bonchev–Trinajstić information content (AvgIpc) is 3.16. The van der Waals surface area contributed by atoms with E-state index in [0.717, 1.165) is 34.2 Å². The van der Waals surface area contributed by atoms with Gasteiger partial charge in [0, 0.05) is 18.7 Å². The topological polar surface area (TPSA) is 98.0 Å². The van der Waals surface area contributed by atoms with Crippen LogP contribution in [-0.2, 0) is 26.1 Å². The van der Waals surface area contributed by atoms with Crippen LogP contribution in [0.1, 0.15) is 48.2 Å². The molecule has 0 bridgehead atoms. The predicted octanol–water partition coefficient (Wildman–Crippen LogP) is 4.04. The highest BCUT2D eigenvalue weighted by Gasteiger charge is 2.28. The molecule has 1 aliphatic rings. The number of nitrogens with zero attached hydrogens (tertiary/aromatic N) is 3. The molecular weight excluding hydrogens is 498 g/mol. The monoisotopic (exact) mass is 529 g/mol. The molecule has 1 unspecified atom stereocenters. The van der Waals surface area contributed by atoms with Crippen LogP contribution in [0.4, 0.5) is 0 Å². The smallest absolute Gasteiger partial charge is 0.326 e. The minimum atomic E-state index is -3.61. The second-order valence-corrected chi connectivity index (χ2v) is 12.2. The second-order valence-electron chi connectivity index (χ2n) is 9.26. The molecule has 1 saturated heterocycles. The maximum Gasteiger partial charge on any atom is 0.326 e. The number of rotatable bonds is 6. The molecule has 8 nitrogen and oxygen atoms in total. The van der Waals surface area contributed by atoms with E-state index in [4.69, 9.17) is 4.74 Å². The van der Waals surface area contributed by atoms with Gasteiger partial charge in [-0.25, -0.2) is 8.42 Å². The predicted molar refractivity (Wildman–Crippen MR) is 139 cm³/mol. The number of carbonyl (C=O) groups is 2. The molecule has 2 aromatic carbocycles. The number of amides is 1. The van der Waals surface area contributed by atoms with Gasteiger partial charge in [0.1, 0.15) is 6.54 Å². The highest BCUT2D eigenvalue weighted by Crippen LogP contribution is 2.25. The Morgan fingerprint density at radius 1 is 1.17 bits per heavy atom. The largest absolute Gasteiger partial charge is 0.465 e. The maximum absolute atomic E-state index is 13.1. The summed E-state index contributed by atoms with van der Waals surface area (Å²) in [6, 6.07) is 9.91. The summed E-state index contributed by atoms with van der Waals surface area (Å²) >= 11 is 1.33. The van der Waals surface area contributed by atoms with Crippen LogP contribution < -0.4 is 4.80 Å². The minimum Gasteiger partial charge on any atom is -0.465 e. The fourth-order valence-electron chi connectivity index (χ4n) is 4.52. The minimum absolute atomic E-state index is 0.0612. The number of hydrogen-bond acceptors (Lipinski definition) is 6. The standard InChI is InChI=1S/C26H31N3O5S2/c1-5-34-23(30)16-29-22-14-18(3)13-19(4)24(22)35-26(29)27-25(31)20-8-10-21(11-9-20)36(32,33)28-12-6-7-17(2)15-28/h8-11,13-14,17H,5-7,12,15-16H2,1-4H3.